The second-order valence-corrected chi connectivity index (χ2v) is 9.52. The zero-order valence-electron chi connectivity index (χ0n) is 22.3. The van der Waals surface area contributed by atoms with Gasteiger partial charge in [0.05, 0.1) is 13.7 Å². The number of cyclic esters (lactones) is 1. The van der Waals surface area contributed by atoms with Crippen molar-refractivity contribution in [3.05, 3.63) is 131 Å². The SMILES string of the molecule is COc1cccc(CN2C(=O)O[C@@H](c3ccc(NC(=O)c4ccc(F)cc4)cc3)[C@@H]2C(=O)NCc2ccccc2)c1. The highest BCUT2D eigenvalue weighted by atomic mass is 19.1. The fourth-order valence-electron chi connectivity index (χ4n) is 4.63. The molecule has 0 aliphatic carbocycles. The molecule has 2 atom stereocenters. The zero-order chi connectivity index (χ0) is 28.8. The van der Waals surface area contributed by atoms with Gasteiger partial charge < -0.3 is 20.1 Å². The maximum atomic E-state index is 13.6. The standard InChI is InChI=1S/C32H28FN3O5/c1-40-27-9-5-8-22(18-27)20-36-28(31(38)34-19-21-6-3-2-4-7-21)29(41-32(36)39)23-12-16-26(17-13-23)35-30(37)24-10-14-25(33)15-11-24/h2-18,28-29H,19-20H2,1H3,(H,34,38)(H,35,37)/t28-,29+/m1/s1. The molecule has 9 heteroatoms. The predicted molar refractivity (Wildman–Crippen MR) is 151 cm³/mol. The third-order valence-corrected chi connectivity index (χ3v) is 6.75. The topological polar surface area (TPSA) is 97.0 Å². The summed E-state index contributed by atoms with van der Waals surface area (Å²) in [6.45, 7) is 0.431. The molecule has 1 aliphatic rings. The molecule has 1 aliphatic heterocycles. The minimum absolute atomic E-state index is 0.141. The van der Waals surface area contributed by atoms with Crippen LogP contribution in [0.1, 0.15) is 33.2 Å². The zero-order valence-corrected chi connectivity index (χ0v) is 22.3. The molecule has 1 heterocycles. The normalized spacial score (nSPS) is 16.1. The number of carbonyl (C=O) groups is 3. The van der Waals surface area contributed by atoms with E-state index in [4.69, 9.17) is 9.47 Å². The van der Waals surface area contributed by atoms with Crippen molar-refractivity contribution in [2.75, 3.05) is 12.4 Å². The molecule has 0 saturated carbocycles. The maximum absolute atomic E-state index is 13.6. The largest absolute Gasteiger partial charge is 0.497 e. The van der Waals surface area contributed by atoms with Gasteiger partial charge in [-0.15, -0.1) is 0 Å². The van der Waals surface area contributed by atoms with Crippen LogP contribution in [0.2, 0.25) is 0 Å². The van der Waals surface area contributed by atoms with E-state index in [1.165, 1.54) is 29.2 Å². The summed E-state index contributed by atoms with van der Waals surface area (Å²) in [5.74, 6) is -0.552. The Bertz CT molecular complexity index is 1530. The molecule has 4 aromatic rings. The molecule has 3 amide bonds. The number of halogens is 1. The van der Waals surface area contributed by atoms with E-state index in [9.17, 15) is 18.8 Å². The van der Waals surface area contributed by atoms with Gasteiger partial charge in [0.25, 0.3) is 5.91 Å². The quantitative estimate of drug-likeness (QED) is 0.287. The lowest BCUT2D eigenvalue weighted by Crippen LogP contribution is -2.46. The molecule has 0 bridgehead atoms. The highest BCUT2D eigenvalue weighted by molar-refractivity contribution is 6.04. The van der Waals surface area contributed by atoms with Crippen molar-refractivity contribution in [2.24, 2.45) is 0 Å². The van der Waals surface area contributed by atoms with E-state index in [0.29, 0.717) is 29.1 Å². The second kappa shape index (κ2) is 12.3. The fraction of sp³-hybridized carbons (Fsp3) is 0.156. The third kappa shape index (κ3) is 6.52. The molecule has 208 valence electrons. The van der Waals surface area contributed by atoms with Crippen LogP contribution in [0.5, 0.6) is 5.75 Å². The van der Waals surface area contributed by atoms with Crippen LogP contribution >= 0.6 is 0 Å². The number of hydrogen-bond acceptors (Lipinski definition) is 5. The van der Waals surface area contributed by atoms with Crippen LogP contribution in [-0.2, 0) is 22.6 Å². The van der Waals surface area contributed by atoms with Crippen LogP contribution in [0.4, 0.5) is 14.9 Å². The summed E-state index contributed by atoms with van der Waals surface area (Å²) in [4.78, 5) is 40.6. The molecule has 4 aromatic carbocycles. The number of methoxy groups -OCH3 is 1. The Morgan fingerprint density at radius 3 is 2.32 bits per heavy atom. The molecule has 1 fully saturated rings. The predicted octanol–water partition coefficient (Wildman–Crippen LogP) is 5.47. The van der Waals surface area contributed by atoms with E-state index >= 15 is 0 Å². The summed E-state index contributed by atoms with van der Waals surface area (Å²) < 4.78 is 24.3. The summed E-state index contributed by atoms with van der Waals surface area (Å²) in [5, 5.41) is 5.70. The van der Waals surface area contributed by atoms with Gasteiger partial charge in [0, 0.05) is 17.8 Å². The smallest absolute Gasteiger partial charge is 0.411 e. The Hall–Kier alpha value is -5.18. The summed E-state index contributed by atoms with van der Waals surface area (Å²) in [5.41, 5.74) is 3.09. The fourth-order valence-corrected chi connectivity index (χ4v) is 4.63. The number of hydrogen-bond donors (Lipinski definition) is 2. The molecule has 41 heavy (non-hydrogen) atoms. The molecular weight excluding hydrogens is 525 g/mol. The highest BCUT2D eigenvalue weighted by Crippen LogP contribution is 2.35. The monoisotopic (exact) mass is 553 g/mol. The molecule has 0 unspecified atom stereocenters. The van der Waals surface area contributed by atoms with Crippen LogP contribution in [-0.4, -0.2) is 36.0 Å². The minimum atomic E-state index is -0.947. The van der Waals surface area contributed by atoms with E-state index in [-0.39, 0.29) is 12.5 Å². The number of rotatable bonds is 9. The first kappa shape index (κ1) is 27.4. The van der Waals surface area contributed by atoms with Gasteiger partial charge in [-0.2, -0.15) is 0 Å². The highest BCUT2D eigenvalue weighted by Gasteiger charge is 2.47. The molecule has 1 saturated heterocycles. The van der Waals surface area contributed by atoms with Crippen molar-refractivity contribution in [1.82, 2.24) is 10.2 Å². The van der Waals surface area contributed by atoms with Crippen molar-refractivity contribution in [1.29, 1.82) is 0 Å². The number of nitrogens with one attached hydrogen (secondary N) is 2. The number of carbonyl (C=O) groups excluding carboxylic acids is 3. The average Bonchev–Trinajstić information content (AvgIpc) is 3.32. The van der Waals surface area contributed by atoms with Gasteiger partial charge in [-0.3, -0.25) is 14.5 Å². The minimum Gasteiger partial charge on any atom is -0.497 e. The van der Waals surface area contributed by atoms with Gasteiger partial charge in [-0.25, -0.2) is 9.18 Å². The molecule has 5 rings (SSSR count). The molecule has 0 spiro atoms. The second-order valence-electron chi connectivity index (χ2n) is 9.52. The van der Waals surface area contributed by atoms with Gasteiger partial charge in [0.15, 0.2) is 12.1 Å². The van der Waals surface area contributed by atoms with Gasteiger partial charge >= 0.3 is 6.09 Å². The Balaban J connectivity index is 1.36. The van der Waals surface area contributed by atoms with Crippen molar-refractivity contribution in [2.45, 2.75) is 25.2 Å². The van der Waals surface area contributed by atoms with E-state index in [1.807, 2.05) is 42.5 Å². The van der Waals surface area contributed by atoms with Crippen molar-refractivity contribution in [3.63, 3.8) is 0 Å². The average molecular weight is 554 g/mol. The molecule has 2 N–H and O–H groups in total. The van der Waals surface area contributed by atoms with Crippen LogP contribution < -0.4 is 15.4 Å². The van der Waals surface area contributed by atoms with Crippen LogP contribution in [0.25, 0.3) is 0 Å². The molecule has 8 nitrogen and oxygen atoms in total. The van der Waals surface area contributed by atoms with Gasteiger partial charge in [-0.05, 0) is 65.2 Å². The van der Waals surface area contributed by atoms with Crippen molar-refractivity contribution >= 4 is 23.6 Å². The number of benzene rings is 4. The van der Waals surface area contributed by atoms with Crippen molar-refractivity contribution in [3.8, 4) is 5.75 Å². The molecular formula is C32H28FN3O5. The number of anilines is 1. The Kier molecular flexibility index (Phi) is 8.24. The van der Waals surface area contributed by atoms with Crippen molar-refractivity contribution < 1.29 is 28.2 Å². The lowest BCUT2D eigenvalue weighted by Gasteiger charge is -2.24. The summed E-state index contributed by atoms with van der Waals surface area (Å²) in [6.07, 6.45) is -1.50. The van der Waals surface area contributed by atoms with Crippen LogP contribution in [0.15, 0.2) is 103 Å². The van der Waals surface area contributed by atoms with E-state index < -0.39 is 30.0 Å². The van der Waals surface area contributed by atoms with Gasteiger partial charge in [0.1, 0.15) is 11.6 Å². The summed E-state index contributed by atoms with van der Waals surface area (Å²) in [6, 6.07) is 27.7. The lowest BCUT2D eigenvalue weighted by molar-refractivity contribution is -0.126. The molecule has 0 aromatic heterocycles. The molecule has 0 radical (unpaired) electrons. The van der Waals surface area contributed by atoms with E-state index in [0.717, 1.165) is 11.1 Å². The Morgan fingerprint density at radius 1 is 0.902 bits per heavy atom. The van der Waals surface area contributed by atoms with Crippen LogP contribution in [0.3, 0.4) is 0 Å². The van der Waals surface area contributed by atoms with Gasteiger partial charge in [-0.1, -0.05) is 54.6 Å². The maximum Gasteiger partial charge on any atom is 0.411 e. The first-order valence-corrected chi connectivity index (χ1v) is 13.0. The Morgan fingerprint density at radius 2 is 1.61 bits per heavy atom. The van der Waals surface area contributed by atoms with E-state index in [1.54, 1.807) is 43.5 Å². The number of amides is 3. The number of ether oxygens (including phenoxy) is 2. The lowest BCUT2D eigenvalue weighted by atomic mass is 10.00. The third-order valence-electron chi connectivity index (χ3n) is 6.75. The first-order chi connectivity index (χ1) is 19.9. The van der Waals surface area contributed by atoms with Gasteiger partial charge in [0.2, 0.25) is 5.91 Å². The number of nitrogens with zero attached hydrogens (tertiary/aromatic N) is 1. The first-order valence-electron chi connectivity index (χ1n) is 13.0. The Labute approximate surface area is 236 Å². The summed E-state index contributed by atoms with van der Waals surface area (Å²) in [7, 11) is 1.56. The van der Waals surface area contributed by atoms with Crippen LogP contribution in [0, 0.1) is 5.82 Å². The summed E-state index contributed by atoms with van der Waals surface area (Å²) >= 11 is 0. The van der Waals surface area contributed by atoms with E-state index in [2.05, 4.69) is 10.6 Å².